The van der Waals surface area contributed by atoms with E-state index in [0.29, 0.717) is 16.9 Å². The van der Waals surface area contributed by atoms with Crippen molar-refractivity contribution in [2.45, 2.75) is 19.9 Å². The van der Waals surface area contributed by atoms with Gasteiger partial charge in [-0.15, -0.1) is 0 Å². The molecule has 1 N–H and O–H groups in total. The molecule has 0 bridgehead atoms. The Kier molecular flexibility index (Phi) is 3.46. The Morgan fingerprint density at radius 2 is 2.18 bits per heavy atom. The standard InChI is InChI=1S/C15H14N4O3/c1-9(11-4-3-5-12(6-11)22-10(2)20)19-8-18-13-14(19)16-7-17-15(13)21/h3-9H,1-2H3,(H,16,17,21)/t9-/m0/s1. The van der Waals surface area contributed by atoms with E-state index in [1.165, 1.54) is 13.3 Å². The molecule has 1 atom stereocenters. The third-order valence-corrected chi connectivity index (χ3v) is 3.38. The molecule has 0 saturated carbocycles. The number of carbonyl (C=O) groups excluding carboxylic acids is 1. The number of aromatic amines is 1. The molecule has 7 nitrogen and oxygen atoms in total. The summed E-state index contributed by atoms with van der Waals surface area (Å²) in [7, 11) is 0. The average Bonchev–Trinajstić information content (AvgIpc) is 2.91. The molecule has 0 aliphatic rings. The number of benzene rings is 1. The van der Waals surface area contributed by atoms with Crippen molar-refractivity contribution >= 4 is 17.1 Å². The van der Waals surface area contributed by atoms with Crippen LogP contribution in [0, 0.1) is 0 Å². The number of fused-ring (bicyclic) bond motifs is 1. The third-order valence-electron chi connectivity index (χ3n) is 3.38. The summed E-state index contributed by atoms with van der Waals surface area (Å²) in [5, 5.41) is 0. The molecule has 3 rings (SSSR count). The molecule has 0 saturated heterocycles. The van der Waals surface area contributed by atoms with E-state index in [4.69, 9.17) is 4.74 Å². The highest BCUT2D eigenvalue weighted by molar-refractivity contribution is 5.70. The average molecular weight is 298 g/mol. The summed E-state index contributed by atoms with van der Waals surface area (Å²) in [5.74, 6) is 0.109. The van der Waals surface area contributed by atoms with Crippen LogP contribution in [-0.2, 0) is 4.79 Å². The molecule has 112 valence electrons. The molecule has 1 aromatic carbocycles. The number of nitrogens with one attached hydrogen (secondary N) is 1. The molecule has 2 heterocycles. The van der Waals surface area contributed by atoms with E-state index >= 15 is 0 Å². The quantitative estimate of drug-likeness (QED) is 0.586. The predicted octanol–water partition coefficient (Wildman–Crippen LogP) is 1.65. The Bertz CT molecular complexity index is 897. The lowest BCUT2D eigenvalue weighted by atomic mass is 10.1. The van der Waals surface area contributed by atoms with Crippen molar-refractivity contribution in [2.24, 2.45) is 0 Å². The van der Waals surface area contributed by atoms with Gasteiger partial charge in [-0.1, -0.05) is 12.1 Å². The van der Waals surface area contributed by atoms with Crippen LogP contribution in [0.4, 0.5) is 0 Å². The van der Waals surface area contributed by atoms with Crippen molar-refractivity contribution in [1.82, 2.24) is 19.5 Å². The molecule has 22 heavy (non-hydrogen) atoms. The summed E-state index contributed by atoms with van der Waals surface area (Å²) in [5.41, 5.74) is 1.45. The lowest BCUT2D eigenvalue weighted by Crippen LogP contribution is -2.10. The van der Waals surface area contributed by atoms with Gasteiger partial charge in [0.1, 0.15) is 5.75 Å². The first-order valence-electron chi connectivity index (χ1n) is 6.75. The SMILES string of the molecule is CC(=O)Oc1cccc([C@H](C)n2cnc3c(=O)[nH]cnc32)c1. The fourth-order valence-corrected chi connectivity index (χ4v) is 2.31. The molecule has 3 aromatic rings. The normalized spacial score (nSPS) is 12.3. The summed E-state index contributed by atoms with van der Waals surface area (Å²) in [6, 6.07) is 7.10. The van der Waals surface area contributed by atoms with Crippen LogP contribution in [0.1, 0.15) is 25.5 Å². The van der Waals surface area contributed by atoms with Crippen molar-refractivity contribution < 1.29 is 9.53 Å². The first kappa shape index (κ1) is 14.0. The lowest BCUT2D eigenvalue weighted by molar-refractivity contribution is -0.131. The van der Waals surface area contributed by atoms with Gasteiger partial charge in [-0.25, -0.2) is 9.97 Å². The summed E-state index contributed by atoms with van der Waals surface area (Å²) < 4.78 is 6.90. The lowest BCUT2D eigenvalue weighted by Gasteiger charge is -2.15. The van der Waals surface area contributed by atoms with Crippen LogP contribution >= 0.6 is 0 Å². The van der Waals surface area contributed by atoms with E-state index in [9.17, 15) is 9.59 Å². The molecular formula is C15H14N4O3. The van der Waals surface area contributed by atoms with E-state index in [0.717, 1.165) is 5.56 Å². The van der Waals surface area contributed by atoms with Crippen LogP contribution in [0.5, 0.6) is 5.75 Å². The summed E-state index contributed by atoms with van der Waals surface area (Å²) in [6.07, 6.45) is 2.93. The van der Waals surface area contributed by atoms with Gasteiger partial charge in [-0.2, -0.15) is 0 Å². The maximum Gasteiger partial charge on any atom is 0.308 e. The van der Waals surface area contributed by atoms with Crippen LogP contribution < -0.4 is 10.3 Å². The monoisotopic (exact) mass is 298 g/mol. The number of hydrogen-bond acceptors (Lipinski definition) is 5. The minimum atomic E-state index is -0.369. The molecule has 2 aromatic heterocycles. The molecular weight excluding hydrogens is 284 g/mol. The number of nitrogens with zero attached hydrogens (tertiary/aromatic N) is 3. The van der Waals surface area contributed by atoms with Crippen molar-refractivity contribution in [3.05, 3.63) is 52.8 Å². The number of H-pyrrole nitrogens is 1. The van der Waals surface area contributed by atoms with Crippen LogP contribution in [-0.4, -0.2) is 25.5 Å². The Labute approximate surface area is 125 Å². The minimum absolute atomic E-state index is 0.116. The van der Waals surface area contributed by atoms with E-state index in [1.54, 1.807) is 23.0 Å². The number of hydrogen-bond donors (Lipinski definition) is 1. The van der Waals surface area contributed by atoms with E-state index in [2.05, 4.69) is 15.0 Å². The zero-order chi connectivity index (χ0) is 15.7. The van der Waals surface area contributed by atoms with Gasteiger partial charge in [-0.3, -0.25) is 9.59 Å². The van der Waals surface area contributed by atoms with Crippen molar-refractivity contribution in [1.29, 1.82) is 0 Å². The molecule has 0 unspecified atom stereocenters. The Morgan fingerprint density at radius 3 is 2.95 bits per heavy atom. The van der Waals surface area contributed by atoms with Gasteiger partial charge in [0.2, 0.25) is 0 Å². The topological polar surface area (TPSA) is 89.9 Å². The summed E-state index contributed by atoms with van der Waals surface area (Å²) in [6.45, 7) is 3.31. The van der Waals surface area contributed by atoms with Gasteiger partial charge in [-0.05, 0) is 24.6 Å². The molecule has 0 aliphatic heterocycles. The number of aromatic nitrogens is 4. The Balaban J connectivity index is 2.02. The van der Waals surface area contributed by atoms with Crippen molar-refractivity contribution in [3.63, 3.8) is 0 Å². The largest absolute Gasteiger partial charge is 0.427 e. The second kappa shape index (κ2) is 5.44. The molecule has 0 spiro atoms. The highest BCUT2D eigenvalue weighted by Crippen LogP contribution is 2.24. The van der Waals surface area contributed by atoms with Gasteiger partial charge in [0, 0.05) is 6.92 Å². The maximum absolute atomic E-state index is 11.7. The molecule has 0 amide bonds. The third kappa shape index (κ3) is 2.48. The van der Waals surface area contributed by atoms with Crippen LogP contribution in [0.15, 0.2) is 41.7 Å². The Hall–Kier alpha value is -2.96. The smallest absolute Gasteiger partial charge is 0.308 e. The van der Waals surface area contributed by atoms with Gasteiger partial charge in [0.25, 0.3) is 5.56 Å². The zero-order valence-corrected chi connectivity index (χ0v) is 12.1. The molecule has 0 radical (unpaired) electrons. The van der Waals surface area contributed by atoms with Gasteiger partial charge in [0.15, 0.2) is 11.2 Å². The first-order chi connectivity index (χ1) is 10.6. The molecule has 0 aliphatic carbocycles. The van der Waals surface area contributed by atoms with E-state index in [-0.39, 0.29) is 17.6 Å². The second-order valence-corrected chi connectivity index (χ2v) is 4.90. The van der Waals surface area contributed by atoms with Crippen molar-refractivity contribution in [3.8, 4) is 5.75 Å². The highest BCUT2D eigenvalue weighted by atomic mass is 16.5. The van der Waals surface area contributed by atoms with E-state index in [1.807, 2.05) is 19.1 Å². The van der Waals surface area contributed by atoms with Gasteiger partial charge >= 0.3 is 5.97 Å². The van der Waals surface area contributed by atoms with Gasteiger partial charge in [0.05, 0.1) is 18.7 Å². The number of imidazole rings is 1. The van der Waals surface area contributed by atoms with Crippen molar-refractivity contribution in [2.75, 3.05) is 0 Å². The zero-order valence-electron chi connectivity index (χ0n) is 12.1. The fourth-order valence-electron chi connectivity index (χ4n) is 2.31. The number of carbonyl (C=O) groups is 1. The molecule has 0 fully saturated rings. The first-order valence-corrected chi connectivity index (χ1v) is 6.75. The maximum atomic E-state index is 11.7. The number of ether oxygens (including phenoxy) is 1. The highest BCUT2D eigenvalue weighted by Gasteiger charge is 2.14. The minimum Gasteiger partial charge on any atom is -0.427 e. The van der Waals surface area contributed by atoms with Gasteiger partial charge < -0.3 is 14.3 Å². The van der Waals surface area contributed by atoms with E-state index < -0.39 is 0 Å². The van der Waals surface area contributed by atoms with Crippen LogP contribution in [0.25, 0.3) is 11.2 Å². The second-order valence-electron chi connectivity index (χ2n) is 4.90. The fraction of sp³-hybridized carbons (Fsp3) is 0.200. The summed E-state index contributed by atoms with van der Waals surface area (Å²) >= 11 is 0. The Morgan fingerprint density at radius 1 is 1.36 bits per heavy atom. The summed E-state index contributed by atoms with van der Waals surface area (Å²) in [4.78, 5) is 33.5. The predicted molar refractivity (Wildman–Crippen MR) is 79.7 cm³/mol. The molecule has 7 heteroatoms. The van der Waals surface area contributed by atoms with Crippen LogP contribution in [0.2, 0.25) is 0 Å². The number of esters is 1. The van der Waals surface area contributed by atoms with Crippen LogP contribution in [0.3, 0.4) is 0 Å². The number of rotatable bonds is 3.